The highest BCUT2D eigenvalue weighted by molar-refractivity contribution is 6.03. The summed E-state index contributed by atoms with van der Waals surface area (Å²) < 4.78 is 9.73. The molecular formula is C17H20N2O6. The van der Waals surface area contributed by atoms with Crippen LogP contribution in [0.2, 0.25) is 0 Å². The summed E-state index contributed by atoms with van der Waals surface area (Å²) >= 11 is 0. The SMILES string of the molecule is COC(=O)C(CCC1CC(=O)NC1=O)NC(=O)OCc1ccccc1. The summed E-state index contributed by atoms with van der Waals surface area (Å²) in [4.78, 5) is 46.4. The van der Waals surface area contributed by atoms with Gasteiger partial charge in [0, 0.05) is 12.3 Å². The van der Waals surface area contributed by atoms with Crippen molar-refractivity contribution in [2.75, 3.05) is 7.11 Å². The lowest BCUT2D eigenvalue weighted by Gasteiger charge is -2.17. The normalized spacial score (nSPS) is 17.6. The second kappa shape index (κ2) is 8.81. The van der Waals surface area contributed by atoms with Crippen LogP contribution in [0.15, 0.2) is 30.3 Å². The molecular weight excluding hydrogens is 328 g/mol. The number of hydrogen-bond acceptors (Lipinski definition) is 6. The van der Waals surface area contributed by atoms with E-state index < -0.39 is 24.0 Å². The molecule has 3 amide bonds. The lowest BCUT2D eigenvalue weighted by Crippen LogP contribution is -2.42. The maximum Gasteiger partial charge on any atom is 0.408 e. The number of imide groups is 1. The van der Waals surface area contributed by atoms with Crippen LogP contribution in [-0.4, -0.2) is 37.0 Å². The van der Waals surface area contributed by atoms with Gasteiger partial charge in [0.05, 0.1) is 7.11 Å². The molecule has 1 aromatic rings. The molecule has 1 fully saturated rings. The monoisotopic (exact) mass is 348 g/mol. The van der Waals surface area contributed by atoms with E-state index in [0.717, 1.165) is 5.56 Å². The van der Waals surface area contributed by atoms with Crippen LogP contribution in [0.4, 0.5) is 4.79 Å². The van der Waals surface area contributed by atoms with Gasteiger partial charge in [-0.25, -0.2) is 9.59 Å². The molecule has 0 aliphatic carbocycles. The number of benzene rings is 1. The van der Waals surface area contributed by atoms with Crippen LogP contribution in [0.25, 0.3) is 0 Å². The summed E-state index contributed by atoms with van der Waals surface area (Å²) in [6.07, 6.45) is -0.230. The number of rotatable bonds is 7. The van der Waals surface area contributed by atoms with Gasteiger partial charge in [-0.15, -0.1) is 0 Å². The third kappa shape index (κ3) is 5.59. The predicted molar refractivity (Wildman–Crippen MR) is 86.1 cm³/mol. The average molecular weight is 348 g/mol. The van der Waals surface area contributed by atoms with Crippen LogP contribution in [0.1, 0.15) is 24.8 Å². The number of hydrogen-bond donors (Lipinski definition) is 2. The van der Waals surface area contributed by atoms with Crippen molar-refractivity contribution < 1.29 is 28.7 Å². The highest BCUT2D eigenvalue weighted by atomic mass is 16.6. The zero-order chi connectivity index (χ0) is 18.2. The third-order valence-electron chi connectivity index (χ3n) is 3.86. The molecule has 2 rings (SSSR count). The van der Waals surface area contributed by atoms with Gasteiger partial charge >= 0.3 is 12.1 Å². The molecule has 0 radical (unpaired) electrons. The van der Waals surface area contributed by atoms with Crippen molar-refractivity contribution >= 4 is 23.9 Å². The molecule has 2 N–H and O–H groups in total. The van der Waals surface area contributed by atoms with Gasteiger partial charge < -0.3 is 14.8 Å². The molecule has 1 aliphatic rings. The van der Waals surface area contributed by atoms with Crippen LogP contribution in [-0.2, 0) is 30.5 Å². The van der Waals surface area contributed by atoms with E-state index in [1.165, 1.54) is 7.11 Å². The van der Waals surface area contributed by atoms with Crippen molar-refractivity contribution in [3.63, 3.8) is 0 Å². The minimum atomic E-state index is -0.947. The highest BCUT2D eigenvalue weighted by Crippen LogP contribution is 2.18. The number of methoxy groups -OCH3 is 1. The Morgan fingerprint density at radius 1 is 1.28 bits per heavy atom. The number of alkyl carbamates (subject to hydrolysis) is 1. The van der Waals surface area contributed by atoms with Crippen LogP contribution in [0.3, 0.4) is 0 Å². The van der Waals surface area contributed by atoms with E-state index >= 15 is 0 Å². The van der Waals surface area contributed by atoms with Gasteiger partial charge in [0.15, 0.2) is 0 Å². The van der Waals surface area contributed by atoms with Crippen molar-refractivity contribution in [3.8, 4) is 0 Å². The van der Waals surface area contributed by atoms with Crippen molar-refractivity contribution in [2.24, 2.45) is 5.92 Å². The van der Waals surface area contributed by atoms with Gasteiger partial charge in [-0.3, -0.25) is 14.9 Å². The summed E-state index contributed by atoms with van der Waals surface area (Å²) in [5.74, 6) is -1.83. The Balaban J connectivity index is 1.84. The number of carbonyl (C=O) groups is 4. The minimum Gasteiger partial charge on any atom is -0.467 e. The van der Waals surface area contributed by atoms with E-state index in [2.05, 4.69) is 15.4 Å². The zero-order valence-corrected chi connectivity index (χ0v) is 13.8. The summed E-state index contributed by atoms with van der Waals surface area (Å²) in [6.45, 7) is 0.0695. The van der Waals surface area contributed by atoms with Gasteiger partial charge in [-0.1, -0.05) is 30.3 Å². The van der Waals surface area contributed by atoms with Crippen LogP contribution < -0.4 is 10.6 Å². The second-order valence-electron chi connectivity index (χ2n) is 5.67. The molecule has 0 saturated carbocycles. The summed E-state index contributed by atoms with van der Waals surface area (Å²) in [5, 5.41) is 4.64. The Morgan fingerprint density at radius 3 is 2.60 bits per heavy atom. The molecule has 0 bridgehead atoms. The lowest BCUT2D eigenvalue weighted by atomic mass is 9.98. The van der Waals surface area contributed by atoms with E-state index in [1.54, 1.807) is 12.1 Å². The maximum absolute atomic E-state index is 11.9. The predicted octanol–water partition coefficient (Wildman–Crippen LogP) is 0.897. The first-order valence-corrected chi connectivity index (χ1v) is 7.88. The zero-order valence-electron chi connectivity index (χ0n) is 13.8. The molecule has 8 heteroatoms. The Hall–Kier alpha value is -2.90. The fourth-order valence-electron chi connectivity index (χ4n) is 2.51. The summed E-state index contributed by atoms with van der Waals surface area (Å²) in [6, 6.07) is 8.16. The Bertz CT molecular complexity index is 646. The van der Waals surface area contributed by atoms with Crippen molar-refractivity contribution in [1.29, 1.82) is 0 Å². The van der Waals surface area contributed by atoms with Gasteiger partial charge in [-0.2, -0.15) is 0 Å². The maximum atomic E-state index is 11.9. The third-order valence-corrected chi connectivity index (χ3v) is 3.86. The molecule has 8 nitrogen and oxygen atoms in total. The molecule has 1 aliphatic heterocycles. The van der Waals surface area contributed by atoms with Gasteiger partial charge in [0.25, 0.3) is 0 Å². The van der Waals surface area contributed by atoms with E-state index in [1.807, 2.05) is 18.2 Å². The van der Waals surface area contributed by atoms with Crippen LogP contribution in [0.5, 0.6) is 0 Å². The van der Waals surface area contributed by atoms with E-state index in [0.29, 0.717) is 0 Å². The molecule has 134 valence electrons. The summed E-state index contributed by atoms with van der Waals surface area (Å²) in [7, 11) is 1.21. The van der Waals surface area contributed by atoms with E-state index in [-0.39, 0.29) is 37.7 Å². The number of ether oxygens (including phenoxy) is 2. The molecule has 1 heterocycles. The quantitative estimate of drug-likeness (QED) is 0.559. The smallest absolute Gasteiger partial charge is 0.408 e. The molecule has 25 heavy (non-hydrogen) atoms. The average Bonchev–Trinajstić information content (AvgIpc) is 2.94. The Labute approximate surface area is 144 Å². The Morgan fingerprint density at radius 2 is 2.00 bits per heavy atom. The first kappa shape index (κ1) is 18.4. The fraction of sp³-hybridized carbons (Fsp3) is 0.412. The van der Waals surface area contributed by atoms with Crippen molar-refractivity contribution in [3.05, 3.63) is 35.9 Å². The topological polar surface area (TPSA) is 111 Å². The first-order valence-electron chi connectivity index (χ1n) is 7.88. The van der Waals surface area contributed by atoms with E-state index in [9.17, 15) is 19.2 Å². The molecule has 2 atom stereocenters. The van der Waals surface area contributed by atoms with Gasteiger partial charge in [0.1, 0.15) is 12.6 Å². The van der Waals surface area contributed by atoms with Crippen molar-refractivity contribution in [1.82, 2.24) is 10.6 Å². The number of amides is 3. The van der Waals surface area contributed by atoms with Crippen LogP contribution in [0, 0.1) is 5.92 Å². The molecule has 1 aromatic carbocycles. The Kier molecular flexibility index (Phi) is 6.50. The lowest BCUT2D eigenvalue weighted by molar-refractivity contribution is -0.143. The standard InChI is InChI=1S/C17H20N2O6/c1-24-16(22)13(8-7-12-9-14(20)19-15(12)21)18-17(23)25-10-11-5-3-2-4-6-11/h2-6,12-13H,7-10H2,1H3,(H,18,23)(H,19,20,21). The number of nitrogens with one attached hydrogen (secondary N) is 2. The fourth-order valence-corrected chi connectivity index (χ4v) is 2.51. The highest BCUT2D eigenvalue weighted by Gasteiger charge is 2.32. The van der Waals surface area contributed by atoms with Gasteiger partial charge in [0.2, 0.25) is 11.8 Å². The largest absolute Gasteiger partial charge is 0.467 e. The molecule has 1 saturated heterocycles. The number of esters is 1. The second-order valence-corrected chi connectivity index (χ2v) is 5.67. The van der Waals surface area contributed by atoms with Crippen molar-refractivity contribution in [2.45, 2.75) is 31.9 Å². The van der Waals surface area contributed by atoms with Gasteiger partial charge in [-0.05, 0) is 18.4 Å². The summed E-state index contributed by atoms with van der Waals surface area (Å²) in [5.41, 5.74) is 0.813. The molecule has 0 spiro atoms. The molecule has 0 aromatic heterocycles. The van der Waals surface area contributed by atoms with Crippen LogP contribution >= 0.6 is 0 Å². The number of carbonyl (C=O) groups excluding carboxylic acids is 4. The first-order chi connectivity index (χ1) is 12.0. The molecule has 2 unspecified atom stereocenters. The minimum absolute atomic E-state index is 0.0695. The van der Waals surface area contributed by atoms with E-state index in [4.69, 9.17) is 4.74 Å².